The van der Waals surface area contributed by atoms with E-state index in [1.165, 1.54) is 11.1 Å². The number of amides is 1. The van der Waals surface area contributed by atoms with E-state index in [0.29, 0.717) is 6.42 Å². The minimum Gasteiger partial charge on any atom is -0.497 e. The van der Waals surface area contributed by atoms with Gasteiger partial charge in [-0.05, 0) is 36.7 Å². The van der Waals surface area contributed by atoms with Gasteiger partial charge in [0.05, 0.1) is 13.2 Å². The summed E-state index contributed by atoms with van der Waals surface area (Å²) in [6.45, 7) is 2.48. The highest BCUT2D eigenvalue weighted by molar-refractivity contribution is 5.76. The number of hydrogen-bond donors (Lipinski definition) is 0. The maximum atomic E-state index is 12.7. The van der Waals surface area contributed by atoms with Crippen LogP contribution in [0, 0.1) is 0 Å². The van der Waals surface area contributed by atoms with E-state index in [1.807, 2.05) is 35.2 Å². The zero-order valence-electron chi connectivity index (χ0n) is 15.0. The van der Waals surface area contributed by atoms with Crippen LogP contribution in [0.15, 0.2) is 54.6 Å². The van der Waals surface area contributed by atoms with Crippen molar-refractivity contribution in [1.29, 1.82) is 0 Å². The van der Waals surface area contributed by atoms with Gasteiger partial charge in [-0.1, -0.05) is 42.5 Å². The van der Waals surface area contributed by atoms with Crippen LogP contribution < -0.4 is 4.74 Å². The highest BCUT2D eigenvalue weighted by Gasteiger charge is 2.27. The molecule has 0 spiro atoms. The van der Waals surface area contributed by atoms with E-state index < -0.39 is 0 Å². The summed E-state index contributed by atoms with van der Waals surface area (Å²) in [5, 5.41) is 0. The van der Waals surface area contributed by atoms with Crippen LogP contribution >= 0.6 is 0 Å². The minimum absolute atomic E-state index is 0.241. The molecule has 1 saturated heterocycles. The number of ether oxygens (including phenoxy) is 1. The summed E-state index contributed by atoms with van der Waals surface area (Å²) >= 11 is 0. The third-order valence-corrected chi connectivity index (χ3v) is 4.97. The van der Waals surface area contributed by atoms with Crippen LogP contribution in [-0.4, -0.2) is 49.5 Å². The van der Waals surface area contributed by atoms with Crippen molar-refractivity contribution < 1.29 is 9.53 Å². The molecular formula is C21H26N2O2. The summed E-state index contributed by atoms with van der Waals surface area (Å²) in [6.07, 6.45) is 1.32. The first-order valence-electron chi connectivity index (χ1n) is 8.83. The smallest absolute Gasteiger partial charge is 0.223 e. The molecule has 1 aliphatic rings. The minimum atomic E-state index is 0.241. The quantitative estimate of drug-likeness (QED) is 0.840. The lowest BCUT2D eigenvalue weighted by Gasteiger charge is -2.39. The van der Waals surface area contributed by atoms with Crippen molar-refractivity contribution >= 4 is 5.91 Å². The highest BCUT2D eigenvalue weighted by atomic mass is 16.5. The lowest BCUT2D eigenvalue weighted by molar-refractivity contribution is -0.134. The monoisotopic (exact) mass is 338 g/mol. The molecular weight excluding hydrogens is 312 g/mol. The molecule has 1 fully saturated rings. The van der Waals surface area contributed by atoms with E-state index in [4.69, 9.17) is 4.74 Å². The van der Waals surface area contributed by atoms with Gasteiger partial charge in [0, 0.05) is 26.1 Å². The summed E-state index contributed by atoms with van der Waals surface area (Å²) < 4.78 is 5.17. The summed E-state index contributed by atoms with van der Waals surface area (Å²) in [5.74, 6) is 1.09. The zero-order valence-corrected chi connectivity index (χ0v) is 15.0. The number of aryl methyl sites for hydroxylation is 1. The van der Waals surface area contributed by atoms with Crippen molar-refractivity contribution in [3.8, 4) is 5.75 Å². The van der Waals surface area contributed by atoms with Crippen molar-refractivity contribution in [2.75, 3.05) is 33.8 Å². The fourth-order valence-corrected chi connectivity index (χ4v) is 3.34. The number of methoxy groups -OCH3 is 1. The van der Waals surface area contributed by atoms with Gasteiger partial charge in [0.15, 0.2) is 0 Å². The largest absolute Gasteiger partial charge is 0.497 e. The predicted octanol–water partition coefficient (Wildman–Crippen LogP) is 3.14. The predicted molar refractivity (Wildman–Crippen MR) is 99.7 cm³/mol. The summed E-state index contributed by atoms with van der Waals surface area (Å²) in [7, 11) is 3.80. The topological polar surface area (TPSA) is 32.8 Å². The van der Waals surface area contributed by atoms with Crippen molar-refractivity contribution in [2.24, 2.45) is 0 Å². The second-order valence-electron chi connectivity index (χ2n) is 6.59. The molecule has 132 valence electrons. The third-order valence-electron chi connectivity index (χ3n) is 4.97. The lowest BCUT2D eigenvalue weighted by atomic mass is 10.0. The van der Waals surface area contributed by atoms with Gasteiger partial charge in [-0.3, -0.25) is 9.69 Å². The summed E-state index contributed by atoms with van der Waals surface area (Å²) in [5.41, 5.74) is 2.44. The molecule has 0 bridgehead atoms. The Bertz CT molecular complexity index is 685. The molecule has 1 amide bonds. The average Bonchev–Trinajstić information content (AvgIpc) is 2.67. The summed E-state index contributed by atoms with van der Waals surface area (Å²) in [4.78, 5) is 17.0. The first-order valence-corrected chi connectivity index (χ1v) is 8.83. The van der Waals surface area contributed by atoms with Crippen molar-refractivity contribution in [2.45, 2.75) is 18.9 Å². The van der Waals surface area contributed by atoms with Gasteiger partial charge in [0.2, 0.25) is 5.91 Å². The Morgan fingerprint density at radius 3 is 2.48 bits per heavy atom. The van der Waals surface area contributed by atoms with E-state index in [-0.39, 0.29) is 11.9 Å². The van der Waals surface area contributed by atoms with E-state index in [9.17, 15) is 4.79 Å². The van der Waals surface area contributed by atoms with Crippen LogP contribution in [0.2, 0.25) is 0 Å². The van der Waals surface area contributed by atoms with E-state index in [2.05, 4.69) is 36.2 Å². The molecule has 0 aliphatic carbocycles. The fourth-order valence-electron chi connectivity index (χ4n) is 3.34. The van der Waals surface area contributed by atoms with Gasteiger partial charge in [-0.15, -0.1) is 0 Å². The van der Waals surface area contributed by atoms with Gasteiger partial charge in [0.1, 0.15) is 5.75 Å². The van der Waals surface area contributed by atoms with Gasteiger partial charge >= 0.3 is 0 Å². The number of nitrogens with zero attached hydrogens (tertiary/aromatic N) is 2. The molecule has 0 saturated carbocycles. The SMILES string of the molecule is COc1ccc(CCC(=O)N2CCN(C)C(c3ccccc3)C2)cc1. The number of carbonyl (C=O) groups excluding carboxylic acids is 1. The highest BCUT2D eigenvalue weighted by Crippen LogP contribution is 2.24. The Kier molecular flexibility index (Phi) is 5.71. The maximum Gasteiger partial charge on any atom is 0.223 e. The van der Waals surface area contributed by atoms with Crippen LogP contribution in [0.1, 0.15) is 23.6 Å². The molecule has 0 radical (unpaired) electrons. The molecule has 3 rings (SSSR count). The average molecular weight is 338 g/mol. The Morgan fingerprint density at radius 1 is 1.08 bits per heavy atom. The number of piperazine rings is 1. The Labute approximate surface area is 150 Å². The molecule has 2 aromatic carbocycles. The second-order valence-corrected chi connectivity index (χ2v) is 6.59. The molecule has 4 heteroatoms. The van der Waals surface area contributed by atoms with Crippen LogP contribution in [0.5, 0.6) is 5.75 Å². The maximum absolute atomic E-state index is 12.7. The van der Waals surface area contributed by atoms with Crippen LogP contribution in [0.3, 0.4) is 0 Å². The zero-order chi connectivity index (χ0) is 17.6. The molecule has 2 aromatic rings. The number of hydrogen-bond acceptors (Lipinski definition) is 3. The van der Waals surface area contributed by atoms with Gasteiger partial charge in [-0.2, -0.15) is 0 Å². The van der Waals surface area contributed by atoms with Gasteiger partial charge in [0.25, 0.3) is 0 Å². The first kappa shape index (κ1) is 17.5. The fraction of sp³-hybridized carbons (Fsp3) is 0.381. The lowest BCUT2D eigenvalue weighted by Crippen LogP contribution is -2.49. The molecule has 0 aromatic heterocycles. The van der Waals surface area contributed by atoms with Crippen LogP contribution in [-0.2, 0) is 11.2 Å². The van der Waals surface area contributed by atoms with E-state index >= 15 is 0 Å². The summed E-state index contributed by atoms with van der Waals surface area (Å²) in [6, 6.07) is 18.7. The standard InChI is InChI=1S/C21H26N2O2/c1-22-14-15-23(16-20(22)18-6-4-3-5-7-18)21(24)13-10-17-8-11-19(25-2)12-9-17/h3-9,11-12,20H,10,13-16H2,1-2H3. The van der Waals surface area contributed by atoms with Crippen LogP contribution in [0.25, 0.3) is 0 Å². The van der Waals surface area contributed by atoms with Gasteiger partial charge in [-0.25, -0.2) is 0 Å². The Morgan fingerprint density at radius 2 is 1.80 bits per heavy atom. The second kappa shape index (κ2) is 8.17. The molecule has 25 heavy (non-hydrogen) atoms. The molecule has 4 nitrogen and oxygen atoms in total. The normalized spacial score (nSPS) is 18.2. The molecule has 1 atom stereocenters. The number of rotatable bonds is 5. The van der Waals surface area contributed by atoms with Crippen molar-refractivity contribution in [1.82, 2.24) is 9.80 Å². The molecule has 1 aliphatic heterocycles. The van der Waals surface area contributed by atoms with Gasteiger partial charge < -0.3 is 9.64 Å². The van der Waals surface area contributed by atoms with E-state index in [0.717, 1.165) is 31.8 Å². The molecule has 1 heterocycles. The number of benzene rings is 2. The van der Waals surface area contributed by atoms with Crippen LogP contribution in [0.4, 0.5) is 0 Å². The molecule has 0 N–H and O–H groups in total. The third kappa shape index (κ3) is 4.40. The first-order chi connectivity index (χ1) is 12.2. The van der Waals surface area contributed by atoms with E-state index in [1.54, 1.807) is 7.11 Å². The number of carbonyl (C=O) groups is 1. The Balaban J connectivity index is 1.58. The van der Waals surface area contributed by atoms with Crippen molar-refractivity contribution in [3.05, 3.63) is 65.7 Å². The van der Waals surface area contributed by atoms with Crippen molar-refractivity contribution in [3.63, 3.8) is 0 Å². The number of likely N-dealkylation sites (N-methyl/N-ethyl adjacent to an activating group) is 1. The molecule has 1 unspecified atom stereocenters. The Hall–Kier alpha value is -2.33.